The van der Waals surface area contributed by atoms with Crippen LogP contribution in [0.1, 0.15) is 59.1 Å². The molecule has 0 N–H and O–H groups in total. The van der Waals surface area contributed by atoms with E-state index >= 15 is 0 Å². The number of fused-ring (bicyclic) bond motifs is 2. The van der Waals surface area contributed by atoms with Gasteiger partial charge in [0.2, 0.25) is 0 Å². The molecule has 0 unspecified atom stereocenters. The first kappa shape index (κ1) is 33.3. The summed E-state index contributed by atoms with van der Waals surface area (Å²) >= 11 is 0. The number of halogens is 2. The molecule has 4 aromatic carbocycles. The van der Waals surface area contributed by atoms with Crippen LogP contribution in [0.15, 0.2) is 72.8 Å². The standard InChI is InChI=1S/2C13H15.C3H6.2ClH.Hf/c2*1-13(2,3)12-8-10-6-4-5-7-11(10)9-12;1-3-2;;;/h2*4-9H,1-3H3;1-3H2;2*1H;/q2*-1;-2;;;+4. The van der Waals surface area contributed by atoms with Gasteiger partial charge in [-0.25, -0.2) is 0 Å². The molecular formula is C29H38Cl2Hf. The first-order chi connectivity index (χ1) is 13.6. The predicted molar refractivity (Wildman–Crippen MR) is 146 cm³/mol. The predicted octanol–water partition coefficient (Wildman–Crippen LogP) is 9.60. The van der Waals surface area contributed by atoms with Crippen molar-refractivity contribution in [2.24, 2.45) is 0 Å². The first-order valence-corrected chi connectivity index (χ1v) is 10.5. The minimum absolute atomic E-state index is 0. The largest absolute Gasteiger partial charge is 4.00 e. The van der Waals surface area contributed by atoms with Crippen LogP contribution >= 0.6 is 24.8 Å². The molecule has 0 atom stereocenters. The van der Waals surface area contributed by atoms with Gasteiger partial charge in [-0.1, -0.05) is 53.7 Å². The quantitative estimate of drug-likeness (QED) is 0.133. The Morgan fingerprint density at radius 2 is 0.906 bits per heavy atom. The Kier molecular flexibility index (Phi) is 15.0. The van der Waals surface area contributed by atoms with Crippen LogP contribution in [0.25, 0.3) is 21.5 Å². The van der Waals surface area contributed by atoms with Gasteiger partial charge in [-0.05, 0) is 10.8 Å². The van der Waals surface area contributed by atoms with Crippen LogP contribution in [0.3, 0.4) is 0 Å². The second kappa shape index (κ2) is 14.4. The van der Waals surface area contributed by atoms with Crippen molar-refractivity contribution in [3.63, 3.8) is 0 Å². The van der Waals surface area contributed by atoms with E-state index in [1.807, 2.05) is 0 Å². The van der Waals surface area contributed by atoms with Gasteiger partial charge in [-0.15, -0.1) is 106 Å². The Hall–Kier alpha value is -0.890. The maximum Gasteiger partial charge on any atom is 4.00 e. The van der Waals surface area contributed by atoms with Gasteiger partial charge < -0.3 is 20.3 Å². The van der Waals surface area contributed by atoms with E-state index in [9.17, 15) is 0 Å². The number of hydrogen-bond donors (Lipinski definition) is 0. The first-order valence-electron chi connectivity index (χ1n) is 10.5. The number of benzene rings is 2. The van der Waals surface area contributed by atoms with Gasteiger partial charge in [0, 0.05) is 0 Å². The molecule has 172 valence electrons. The number of hydrogen-bond acceptors (Lipinski definition) is 0. The second-order valence-corrected chi connectivity index (χ2v) is 9.60. The second-order valence-electron chi connectivity index (χ2n) is 9.60. The van der Waals surface area contributed by atoms with Gasteiger partial charge in [0.15, 0.2) is 0 Å². The molecule has 0 aliphatic heterocycles. The summed E-state index contributed by atoms with van der Waals surface area (Å²) in [6.07, 6.45) is 0.750. The van der Waals surface area contributed by atoms with Crippen LogP contribution in [0.4, 0.5) is 0 Å². The number of rotatable bonds is 0. The zero-order valence-electron chi connectivity index (χ0n) is 20.4. The van der Waals surface area contributed by atoms with Crippen LogP contribution in [-0.4, -0.2) is 0 Å². The zero-order valence-corrected chi connectivity index (χ0v) is 25.6. The summed E-state index contributed by atoms with van der Waals surface area (Å²) in [5, 5.41) is 5.42. The normalized spacial score (nSPS) is 10.5. The van der Waals surface area contributed by atoms with E-state index in [-0.39, 0.29) is 61.5 Å². The summed E-state index contributed by atoms with van der Waals surface area (Å²) in [7, 11) is 0. The Bertz CT molecular complexity index is 876. The molecule has 0 saturated heterocycles. The Morgan fingerprint density at radius 1 is 0.625 bits per heavy atom. The Morgan fingerprint density at radius 3 is 1.16 bits per heavy atom. The Labute approximate surface area is 227 Å². The van der Waals surface area contributed by atoms with Crippen molar-refractivity contribution in [3.8, 4) is 0 Å². The molecule has 0 heterocycles. The summed E-state index contributed by atoms with van der Waals surface area (Å²) in [5.74, 6) is 0. The van der Waals surface area contributed by atoms with Crippen molar-refractivity contribution in [2.45, 2.75) is 58.8 Å². The topological polar surface area (TPSA) is 0 Å². The maximum atomic E-state index is 3.38. The molecule has 3 heteroatoms. The van der Waals surface area contributed by atoms with E-state index in [0.717, 1.165) is 6.42 Å². The molecule has 0 fully saturated rings. The summed E-state index contributed by atoms with van der Waals surface area (Å²) in [4.78, 5) is 0. The third-order valence-electron chi connectivity index (χ3n) is 4.97. The minimum Gasteiger partial charge on any atom is -0.372 e. The molecular weight excluding hydrogens is 598 g/mol. The van der Waals surface area contributed by atoms with Gasteiger partial charge in [0.1, 0.15) is 0 Å². The van der Waals surface area contributed by atoms with Gasteiger partial charge >= 0.3 is 25.8 Å². The van der Waals surface area contributed by atoms with E-state index in [2.05, 4.69) is 128 Å². The monoisotopic (exact) mass is 636 g/mol. The fourth-order valence-corrected chi connectivity index (χ4v) is 3.17. The minimum atomic E-state index is 0. The average molecular weight is 636 g/mol. The van der Waals surface area contributed by atoms with Gasteiger partial charge in [0.05, 0.1) is 0 Å². The van der Waals surface area contributed by atoms with Crippen molar-refractivity contribution >= 4 is 46.4 Å². The van der Waals surface area contributed by atoms with Crippen LogP contribution in [-0.2, 0) is 36.7 Å². The van der Waals surface area contributed by atoms with E-state index in [1.165, 1.54) is 32.7 Å². The molecule has 0 radical (unpaired) electrons. The molecule has 0 bridgehead atoms. The molecule has 4 aromatic rings. The molecule has 0 nitrogen and oxygen atoms in total. The Balaban J connectivity index is 0. The molecule has 0 aromatic heterocycles. The summed E-state index contributed by atoms with van der Waals surface area (Å²) in [6.45, 7) is 20.3. The van der Waals surface area contributed by atoms with E-state index in [0.29, 0.717) is 0 Å². The van der Waals surface area contributed by atoms with Crippen LogP contribution in [0.5, 0.6) is 0 Å². The van der Waals surface area contributed by atoms with Crippen molar-refractivity contribution in [2.75, 3.05) is 0 Å². The van der Waals surface area contributed by atoms with Crippen molar-refractivity contribution < 1.29 is 25.8 Å². The van der Waals surface area contributed by atoms with Gasteiger partial charge in [-0.2, -0.15) is 12.1 Å². The average Bonchev–Trinajstić information content (AvgIpc) is 3.26. The third-order valence-corrected chi connectivity index (χ3v) is 4.97. The zero-order chi connectivity index (χ0) is 21.7. The van der Waals surface area contributed by atoms with Crippen LogP contribution in [0, 0.1) is 13.8 Å². The van der Waals surface area contributed by atoms with E-state index in [1.54, 1.807) is 0 Å². The maximum absolute atomic E-state index is 3.38. The van der Waals surface area contributed by atoms with Crippen LogP contribution < -0.4 is 0 Å². The van der Waals surface area contributed by atoms with Gasteiger partial charge in [-0.3, -0.25) is 0 Å². The molecule has 0 aliphatic carbocycles. The molecule has 0 saturated carbocycles. The molecule has 32 heavy (non-hydrogen) atoms. The fourth-order valence-electron chi connectivity index (χ4n) is 3.17. The van der Waals surface area contributed by atoms with Crippen molar-refractivity contribution in [3.05, 3.63) is 97.8 Å². The van der Waals surface area contributed by atoms with Crippen molar-refractivity contribution in [1.29, 1.82) is 0 Å². The van der Waals surface area contributed by atoms with E-state index in [4.69, 9.17) is 0 Å². The summed E-state index contributed by atoms with van der Waals surface area (Å²) in [5.41, 5.74) is 3.38. The fraction of sp³-hybridized carbons (Fsp3) is 0.310. The molecule has 0 amide bonds. The van der Waals surface area contributed by atoms with Crippen LogP contribution in [0.2, 0.25) is 0 Å². The smallest absolute Gasteiger partial charge is 0.372 e. The third kappa shape index (κ3) is 9.54. The van der Waals surface area contributed by atoms with Crippen molar-refractivity contribution in [1.82, 2.24) is 0 Å². The van der Waals surface area contributed by atoms with Gasteiger partial charge in [0.25, 0.3) is 0 Å². The summed E-state index contributed by atoms with van der Waals surface area (Å²) in [6, 6.07) is 26.2. The molecule has 0 aliphatic rings. The summed E-state index contributed by atoms with van der Waals surface area (Å²) < 4.78 is 0. The SMILES string of the molecule is CC(C)(C)c1cc2ccccc2[cH-]1.CC(C)(C)c1cc2ccccc2[cH-]1.Cl.Cl.[CH2-]C[CH2-].[Hf+4]. The molecule has 0 spiro atoms. The molecule has 4 rings (SSSR count). The van der Waals surface area contributed by atoms with E-state index < -0.39 is 0 Å².